The number of rotatable bonds is 9. The molecule has 8 nitrogen and oxygen atoms in total. The lowest BCUT2D eigenvalue weighted by atomic mass is 9.51. The van der Waals surface area contributed by atoms with Gasteiger partial charge in [0.15, 0.2) is 5.96 Å². The molecule has 3 aliphatic rings. The molecule has 0 aromatic carbocycles. The number of carbonyl (C=O) groups is 1. The average molecular weight is 537 g/mol. The third kappa shape index (κ3) is 5.98. The van der Waals surface area contributed by atoms with Gasteiger partial charge < -0.3 is 25.0 Å². The lowest BCUT2D eigenvalue weighted by Gasteiger charge is -2.61. The Kier molecular flexibility index (Phi) is 10.6. The molecule has 1 aliphatic heterocycles. The molecule has 1 amide bonds. The third-order valence-electron chi connectivity index (χ3n) is 6.72. The molecule has 30 heavy (non-hydrogen) atoms. The minimum Gasteiger partial charge on any atom is -0.383 e. The second-order valence-corrected chi connectivity index (χ2v) is 8.37. The monoisotopic (exact) mass is 537 g/mol. The van der Waals surface area contributed by atoms with Crippen LogP contribution in [0.15, 0.2) is 4.99 Å². The van der Waals surface area contributed by atoms with E-state index in [4.69, 9.17) is 14.5 Å². The Morgan fingerprint density at radius 2 is 1.93 bits per heavy atom. The van der Waals surface area contributed by atoms with Gasteiger partial charge in [-0.05, 0) is 33.1 Å². The van der Waals surface area contributed by atoms with Gasteiger partial charge in [-0.1, -0.05) is 6.42 Å². The summed E-state index contributed by atoms with van der Waals surface area (Å²) in [6, 6.07) is 0.475. The summed E-state index contributed by atoms with van der Waals surface area (Å²) >= 11 is 0. The fourth-order valence-electron chi connectivity index (χ4n) is 4.85. The van der Waals surface area contributed by atoms with Gasteiger partial charge in [0.05, 0.1) is 19.3 Å². The number of hydrogen-bond donors (Lipinski definition) is 2. The summed E-state index contributed by atoms with van der Waals surface area (Å²) in [6.45, 7) is 10.9. The van der Waals surface area contributed by atoms with Gasteiger partial charge in [-0.15, -0.1) is 24.0 Å². The minimum absolute atomic E-state index is 0. The highest BCUT2D eigenvalue weighted by molar-refractivity contribution is 14.0. The van der Waals surface area contributed by atoms with Crippen molar-refractivity contribution in [1.29, 1.82) is 0 Å². The molecule has 9 heteroatoms. The molecule has 0 aromatic rings. The number of nitrogens with zero attached hydrogens (tertiary/aromatic N) is 3. The predicted molar refractivity (Wildman–Crippen MR) is 130 cm³/mol. The van der Waals surface area contributed by atoms with Gasteiger partial charge in [-0.2, -0.15) is 0 Å². The van der Waals surface area contributed by atoms with E-state index >= 15 is 0 Å². The van der Waals surface area contributed by atoms with E-state index in [-0.39, 0.29) is 29.9 Å². The van der Waals surface area contributed by atoms with Crippen LogP contribution in [0.1, 0.15) is 39.5 Å². The van der Waals surface area contributed by atoms with Crippen molar-refractivity contribution in [2.24, 2.45) is 10.4 Å². The van der Waals surface area contributed by atoms with Crippen LogP contribution in [0.5, 0.6) is 0 Å². The fourth-order valence-corrected chi connectivity index (χ4v) is 4.85. The van der Waals surface area contributed by atoms with Gasteiger partial charge in [0.25, 0.3) is 0 Å². The van der Waals surface area contributed by atoms with E-state index in [2.05, 4.69) is 34.3 Å². The molecule has 0 aromatic heterocycles. The van der Waals surface area contributed by atoms with Crippen molar-refractivity contribution in [2.75, 3.05) is 66.1 Å². The number of nitrogens with one attached hydrogen (secondary N) is 2. The number of ether oxygens (including phenoxy) is 2. The van der Waals surface area contributed by atoms with Crippen molar-refractivity contribution < 1.29 is 14.3 Å². The summed E-state index contributed by atoms with van der Waals surface area (Å²) in [5.74, 6) is 1.10. The Labute approximate surface area is 198 Å². The first-order chi connectivity index (χ1) is 14.1. The van der Waals surface area contributed by atoms with E-state index in [1.807, 2.05) is 0 Å². The Morgan fingerprint density at radius 1 is 1.20 bits per heavy atom. The van der Waals surface area contributed by atoms with Crippen molar-refractivity contribution in [2.45, 2.75) is 51.7 Å². The number of amides is 1. The van der Waals surface area contributed by atoms with Gasteiger partial charge >= 0.3 is 0 Å². The van der Waals surface area contributed by atoms with Crippen LogP contribution in [0.3, 0.4) is 0 Å². The van der Waals surface area contributed by atoms with Gasteiger partial charge in [0.2, 0.25) is 5.91 Å². The molecule has 0 bridgehead atoms. The predicted octanol–water partition coefficient (Wildman–Crippen LogP) is 1.30. The first-order valence-corrected chi connectivity index (χ1v) is 11.3. The van der Waals surface area contributed by atoms with Crippen LogP contribution in [0.25, 0.3) is 0 Å². The summed E-state index contributed by atoms with van der Waals surface area (Å²) in [4.78, 5) is 21.4. The smallest absolute Gasteiger partial charge is 0.234 e. The molecule has 0 radical (unpaired) electrons. The van der Waals surface area contributed by atoms with E-state index < -0.39 is 0 Å². The number of hydrogen-bond acceptors (Lipinski definition) is 5. The zero-order chi connectivity index (χ0) is 20.7. The molecule has 2 atom stereocenters. The van der Waals surface area contributed by atoms with Gasteiger partial charge in [-0.25, -0.2) is 0 Å². The van der Waals surface area contributed by atoms with Crippen LogP contribution in [0, 0.1) is 5.41 Å². The maximum atomic E-state index is 12.0. The summed E-state index contributed by atoms with van der Waals surface area (Å²) in [7, 11) is 1.64. The van der Waals surface area contributed by atoms with Crippen molar-refractivity contribution in [3.63, 3.8) is 0 Å². The Bertz CT molecular complexity index is 565. The van der Waals surface area contributed by atoms with Crippen LogP contribution >= 0.6 is 24.0 Å². The van der Waals surface area contributed by atoms with Crippen LogP contribution in [0.2, 0.25) is 0 Å². The van der Waals surface area contributed by atoms with Crippen molar-refractivity contribution in [3.8, 4) is 0 Å². The van der Waals surface area contributed by atoms with Crippen LogP contribution < -0.4 is 10.6 Å². The van der Waals surface area contributed by atoms with Crippen LogP contribution in [-0.4, -0.2) is 99.9 Å². The number of halogens is 1. The maximum Gasteiger partial charge on any atom is 0.234 e. The maximum absolute atomic E-state index is 12.0. The van der Waals surface area contributed by atoms with Crippen molar-refractivity contribution >= 4 is 35.8 Å². The summed E-state index contributed by atoms with van der Waals surface area (Å²) < 4.78 is 11.0. The standard InChI is InChI=1S/C21H39N5O3.HI/c1-4-22-20(24-17-15-18(29-5-2)21(17)7-6-8-21)26-12-10-25(11-13-26)16-19(27)23-9-14-28-3;/h17-18H,4-16H2,1-3H3,(H,22,24)(H,23,27);1H. The molecule has 2 N–H and O–H groups in total. The Balaban J connectivity index is 0.00000320. The molecule has 1 heterocycles. The Morgan fingerprint density at radius 3 is 2.50 bits per heavy atom. The highest BCUT2D eigenvalue weighted by Gasteiger charge is 2.59. The number of methoxy groups -OCH3 is 1. The van der Waals surface area contributed by atoms with E-state index in [0.717, 1.165) is 51.7 Å². The summed E-state index contributed by atoms with van der Waals surface area (Å²) in [5, 5.41) is 6.68. The molecule has 3 fully saturated rings. The summed E-state index contributed by atoms with van der Waals surface area (Å²) in [5.41, 5.74) is 0.326. The highest BCUT2D eigenvalue weighted by atomic mass is 127. The second-order valence-electron chi connectivity index (χ2n) is 8.37. The lowest BCUT2D eigenvalue weighted by Crippen LogP contribution is -2.69. The number of carbonyl (C=O) groups excluding carboxylic acids is 1. The minimum atomic E-state index is 0. The SMILES string of the molecule is CCN=C(NC1CC(OCC)C12CCC2)N1CCN(CC(=O)NCCOC)CC1.I. The number of piperazine rings is 1. The lowest BCUT2D eigenvalue weighted by molar-refractivity contribution is -0.169. The van der Waals surface area contributed by atoms with E-state index in [0.29, 0.717) is 37.3 Å². The fraction of sp³-hybridized carbons (Fsp3) is 0.905. The largest absolute Gasteiger partial charge is 0.383 e. The molecule has 1 saturated heterocycles. The van der Waals surface area contributed by atoms with E-state index in [1.165, 1.54) is 19.3 Å². The number of guanidine groups is 1. The first-order valence-electron chi connectivity index (χ1n) is 11.3. The molecule has 2 saturated carbocycles. The van der Waals surface area contributed by atoms with E-state index in [9.17, 15) is 4.79 Å². The first kappa shape index (κ1) is 25.6. The van der Waals surface area contributed by atoms with Crippen molar-refractivity contribution in [1.82, 2.24) is 20.4 Å². The van der Waals surface area contributed by atoms with E-state index in [1.54, 1.807) is 7.11 Å². The highest BCUT2D eigenvalue weighted by Crippen LogP contribution is 2.57. The normalized spacial score (nSPS) is 25.8. The number of aliphatic imine (C=N–C) groups is 1. The van der Waals surface area contributed by atoms with Crippen molar-refractivity contribution in [3.05, 3.63) is 0 Å². The molecular weight excluding hydrogens is 497 g/mol. The average Bonchev–Trinajstić information content (AvgIpc) is 2.66. The molecule has 1 spiro atoms. The summed E-state index contributed by atoms with van der Waals surface area (Å²) in [6.07, 6.45) is 5.34. The topological polar surface area (TPSA) is 78.4 Å². The quantitative estimate of drug-likeness (QED) is 0.200. The van der Waals surface area contributed by atoms with Gasteiger partial charge in [0.1, 0.15) is 0 Å². The Hall–Kier alpha value is -0.650. The zero-order valence-corrected chi connectivity index (χ0v) is 21.2. The molecule has 2 unspecified atom stereocenters. The second kappa shape index (κ2) is 12.4. The van der Waals surface area contributed by atoms with Gasteiger partial charge in [0, 0.05) is 64.4 Å². The molecular formula is C21H40IN5O3. The molecule has 174 valence electrons. The van der Waals surface area contributed by atoms with Crippen LogP contribution in [0.4, 0.5) is 0 Å². The third-order valence-corrected chi connectivity index (χ3v) is 6.72. The zero-order valence-electron chi connectivity index (χ0n) is 18.8. The molecule has 3 rings (SSSR count). The van der Waals surface area contributed by atoms with Gasteiger partial charge in [-0.3, -0.25) is 14.7 Å². The molecule has 2 aliphatic carbocycles. The van der Waals surface area contributed by atoms with Crippen LogP contribution in [-0.2, 0) is 14.3 Å².